The summed E-state index contributed by atoms with van der Waals surface area (Å²) in [5.74, 6) is 0. The number of aromatic nitrogens is 1. The van der Waals surface area contributed by atoms with Gasteiger partial charge in [0.1, 0.15) is 0 Å². The van der Waals surface area contributed by atoms with E-state index < -0.39 is 0 Å². The molecule has 0 bridgehead atoms. The topological polar surface area (TPSA) is 45.9 Å². The molecule has 1 aromatic rings. The van der Waals surface area contributed by atoms with Crippen LogP contribution >= 0.6 is 11.3 Å². The smallest absolute Gasteiger partial charge is 0.0856 e. The van der Waals surface area contributed by atoms with Gasteiger partial charge in [0.25, 0.3) is 0 Å². The van der Waals surface area contributed by atoms with Gasteiger partial charge in [0.2, 0.25) is 0 Å². The summed E-state index contributed by atoms with van der Waals surface area (Å²) in [4.78, 5) is 5.20. The summed E-state index contributed by atoms with van der Waals surface area (Å²) in [6.07, 6.45) is 4.57. The Morgan fingerprint density at radius 3 is 3.21 bits per heavy atom. The van der Waals surface area contributed by atoms with Crippen molar-refractivity contribution >= 4 is 11.3 Å². The van der Waals surface area contributed by atoms with Gasteiger partial charge in [-0.05, 0) is 12.8 Å². The summed E-state index contributed by atoms with van der Waals surface area (Å²) in [5.41, 5.74) is 1.51. The number of thiazole rings is 1. The van der Waals surface area contributed by atoms with Crippen molar-refractivity contribution in [1.82, 2.24) is 4.98 Å². The summed E-state index contributed by atoms with van der Waals surface area (Å²) in [6, 6.07) is 2.41. The number of hydrogen-bond acceptors (Lipinski definition) is 4. The molecule has 1 aromatic heterocycles. The first-order valence-corrected chi connectivity index (χ1v) is 5.59. The average Bonchev–Trinajstić information content (AvgIpc) is 2.72. The Labute approximate surface area is 87.3 Å². The first-order valence-electron chi connectivity index (χ1n) is 4.71. The Morgan fingerprint density at radius 2 is 2.64 bits per heavy atom. The van der Waals surface area contributed by atoms with Crippen molar-refractivity contribution in [2.75, 3.05) is 13.2 Å². The van der Waals surface area contributed by atoms with Crippen molar-refractivity contribution in [3.05, 3.63) is 16.6 Å². The lowest BCUT2D eigenvalue weighted by molar-refractivity contribution is 0.0227. The van der Waals surface area contributed by atoms with Gasteiger partial charge in [-0.2, -0.15) is 5.26 Å². The fourth-order valence-corrected chi connectivity index (χ4v) is 2.52. The molecule has 1 aliphatic rings. The molecule has 2 rings (SSSR count). The highest BCUT2D eigenvalue weighted by Crippen LogP contribution is 2.32. The van der Waals surface area contributed by atoms with Gasteiger partial charge >= 0.3 is 0 Å². The van der Waals surface area contributed by atoms with Gasteiger partial charge in [-0.25, -0.2) is 0 Å². The fraction of sp³-hybridized carbons (Fsp3) is 0.600. The predicted octanol–water partition coefficient (Wildman–Crippen LogP) is 2.01. The molecule has 1 aliphatic heterocycles. The van der Waals surface area contributed by atoms with E-state index in [2.05, 4.69) is 11.1 Å². The van der Waals surface area contributed by atoms with Crippen molar-refractivity contribution < 1.29 is 4.74 Å². The SMILES string of the molecule is N#CC1(Cc2cncs2)CCCOC1. The van der Waals surface area contributed by atoms with Crippen LogP contribution in [-0.4, -0.2) is 18.2 Å². The molecule has 2 heterocycles. The zero-order chi connectivity index (χ0) is 9.86. The fourth-order valence-electron chi connectivity index (χ4n) is 1.78. The minimum Gasteiger partial charge on any atom is -0.380 e. The Morgan fingerprint density at radius 1 is 1.71 bits per heavy atom. The molecule has 0 aliphatic carbocycles. The second-order valence-electron chi connectivity index (χ2n) is 3.69. The van der Waals surface area contributed by atoms with E-state index in [-0.39, 0.29) is 5.41 Å². The normalized spacial score (nSPS) is 27.1. The van der Waals surface area contributed by atoms with Crippen molar-refractivity contribution in [1.29, 1.82) is 5.26 Å². The molecule has 0 radical (unpaired) electrons. The second kappa shape index (κ2) is 4.07. The minimum absolute atomic E-state index is 0.301. The first-order chi connectivity index (χ1) is 6.85. The first kappa shape index (κ1) is 9.63. The van der Waals surface area contributed by atoms with E-state index in [9.17, 15) is 5.26 Å². The summed E-state index contributed by atoms with van der Waals surface area (Å²) >= 11 is 1.61. The van der Waals surface area contributed by atoms with E-state index in [1.54, 1.807) is 11.3 Å². The number of nitrogens with zero attached hydrogens (tertiary/aromatic N) is 2. The molecule has 0 saturated carbocycles. The van der Waals surface area contributed by atoms with Gasteiger partial charge in [0.15, 0.2) is 0 Å². The van der Waals surface area contributed by atoms with Crippen LogP contribution in [0.5, 0.6) is 0 Å². The molecule has 3 nitrogen and oxygen atoms in total. The summed E-state index contributed by atoms with van der Waals surface area (Å²) in [5, 5.41) is 9.19. The van der Waals surface area contributed by atoms with Crippen LogP contribution in [0.1, 0.15) is 17.7 Å². The molecular formula is C10H12N2OS. The van der Waals surface area contributed by atoms with Crippen LogP contribution in [0.4, 0.5) is 0 Å². The van der Waals surface area contributed by atoms with E-state index in [1.165, 1.54) is 4.88 Å². The van der Waals surface area contributed by atoms with Crippen LogP contribution in [0.25, 0.3) is 0 Å². The average molecular weight is 208 g/mol. The van der Waals surface area contributed by atoms with Gasteiger partial charge in [0.05, 0.1) is 23.6 Å². The van der Waals surface area contributed by atoms with Crippen LogP contribution in [0, 0.1) is 16.7 Å². The third-order valence-corrected chi connectivity index (χ3v) is 3.34. The molecule has 1 fully saturated rings. The monoisotopic (exact) mass is 208 g/mol. The molecule has 0 aromatic carbocycles. The molecule has 0 amide bonds. The molecule has 4 heteroatoms. The van der Waals surface area contributed by atoms with Gasteiger partial charge in [0, 0.05) is 24.1 Å². The number of ether oxygens (including phenoxy) is 1. The molecule has 1 saturated heterocycles. The zero-order valence-corrected chi connectivity index (χ0v) is 8.72. The molecule has 1 atom stereocenters. The number of hydrogen-bond donors (Lipinski definition) is 0. The van der Waals surface area contributed by atoms with Crippen LogP contribution < -0.4 is 0 Å². The van der Waals surface area contributed by atoms with Crippen LogP contribution in [0.3, 0.4) is 0 Å². The van der Waals surface area contributed by atoms with Gasteiger partial charge in [-0.15, -0.1) is 11.3 Å². The van der Waals surface area contributed by atoms with Gasteiger partial charge in [-0.3, -0.25) is 4.98 Å². The van der Waals surface area contributed by atoms with Crippen molar-refractivity contribution in [3.63, 3.8) is 0 Å². The minimum atomic E-state index is -0.301. The van der Waals surface area contributed by atoms with Crippen molar-refractivity contribution in [2.45, 2.75) is 19.3 Å². The lowest BCUT2D eigenvalue weighted by Gasteiger charge is -2.29. The maximum atomic E-state index is 9.19. The summed E-state index contributed by atoms with van der Waals surface area (Å²) < 4.78 is 5.39. The summed E-state index contributed by atoms with van der Waals surface area (Å²) in [6.45, 7) is 1.37. The van der Waals surface area contributed by atoms with E-state index in [0.717, 1.165) is 25.9 Å². The lowest BCUT2D eigenvalue weighted by Crippen LogP contribution is -2.32. The predicted molar refractivity (Wildman–Crippen MR) is 53.9 cm³/mol. The van der Waals surface area contributed by atoms with E-state index in [0.29, 0.717) is 6.61 Å². The molecule has 1 unspecified atom stereocenters. The maximum absolute atomic E-state index is 9.19. The molecular weight excluding hydrogens is 196 g/mol. The Hall–Kier alpha value is -0.920. The number of nitriles is 1. The highest BCUT2D eigenvalue weighted by atomic mass is 32.1. The quantitative estimate of drug-likeness (QED) is 0.746. The Bertz CT molecular complexity index is 322. The van der Waals surface area contributed by atoms with Gasteiger partial charge in [-0.1, -0.05) is 0 Å². The molecule has 74 valence electrons. The number of rotatable bonds is 2. The van der Waals surface area contributed by atoms with Crippen molar-refractivity contribution in [3.8, 4) is 6.07 Å². The molecule has 14 heavy (non-hydrogen) atoms. The third-order valence-electron chi connectivity index (χ3n) is 2.56. The van der Waals surface area contributed by atoms with E-state index in [1.807, 2.05) is 11.7 Å². The van der Waals surface area contributed by atoms with Crippen LogP contribution in [-0.2, 0) is 11.2 Å². The van der Waals surface area contributed by atoms with E-state index in [4.69, 9.17) is 4.74 Å². The molecule has 0 N–H and O–H groups in total. The van der Waals surface area contributed by atoms with Gasteiger partial charge < -0.3 is 4.74 Å². The lowest BCUT2D eigenvalue weighted by atomic mass is 9.81. The maximum Gasteiger partial charge on any atom is 0.0856 e. The summed E-state index contributed by atoms with van der Waals surface area (Å²) in [7, 11) is 0. The standard InChI is InChI=1S/C10H12N2OS/c11-6-10(2-1-3-13-7-10)4-9-5-12-8-14-9/h5,8H,1-4,7H2. The van der Waals surface area contributed by atoms with Crippen LogP contribution in [0.2, 0.25) is 0 Å². The highest BCUT2D eigenvalue weighted by molar-refractivity contribution is 7.09. The van der Waals surface area contributed by atoms with Crippen LogP contribution in [0.15, 0.2) is 11.7 Å². The Kier molecular flexibility index (Phi) is 2.80. The zero-order valence-electron chi connectivity index (χ0n) is 7.90. The second-order valence-corrected chi connectivity index (χ2v) is 4.66. The highest BCUT2D eigenvalue weighted by Gasteiger charge is 2.33. The largest absolute Gasteiger partial charge is 0.380 e. The molecule has 0 spiro atoms. The van der Waals surface area contributed by atoms with E-state index >= 15 is 0 Å². The van der Waals surface area contributed by atoms with Crippen molar-refractivity contribution in [2.24, 2.45) is 5.41 Å². The third kappa shape index (κ3) is 1.94. The Balaban J connectivity index is 2.09.